The second-order valence-corrected chi connectivity index (χ2v) is 6.91. The van der Waals surface area contributed by atoms with Gasteiger partial charge < -0.3 is 20.1 Å². The van der Waals surface area contributed by atoms with Crippen LogP contribution in [0.5, 0.6) is 11.6 Å². The number of hydrogen-bond donors (Lipinski definition) is 2. The van der Waals surface area contributed by atoms with Crippen LogP contribution >= 0.6 is 23.2 Å². The number of hydrogen-bond acceptors (Lipinski definition) is 5. The van der Waals surface area contributed by atoms with Gasteiger partial charge in [-0.2, -0.15) is 0 Å². The molecule has 0 spiro atoms. The van der Waals surface area contributed by atoms with E-state index in [1.165, 1.54) is 0 Å². The van der Waals surface area contributed by atoms with Gasteiger partial charge >= 0.3 is 6.03 Å². The smallest absolute Gasteiger partial charge is 0.319 e. The molecule has 2 amide bonds. The number of anilines is 1. The van der Waals surface area contributed by atoms with Crippen molar-refractivity contribution in [3.8, 4) is 22.9 Å². The molecule has 2 N–H and O–H groups in total. The van der Waals surface area contributed by atoms with E-state index < -0.39 is 6.03 Å². The normalized spacial score (nSPS) is 10.4. The first-order valence-corrected chi connectivity index (χ1v) is 10.0. The average molecular weight is 447 g/mol. The third kappa shape index (κ3) is 6.23. The summed E-state index contributed by atoms with van der Waals surface area (Å²) in [6.45, 7) is 3.07. The Morgan fingerprint density at radius 2 is 1.80 bits per heavy atom. The molecule has 3 rings (SSSR count). The molecule has 0 saturated heterocycles. The molecule has 9 heteroatoms. The molecule has 0 aliphatic heterocycles. The van der Waals surface area contributed by atoms with Crippen LogP contribution in [0.2, 0.25) is 10.0 Å². The van der Waals surface area contributed by atoms with Gasteiger partial charge in [0.2, 0.25) is 5.88 Å². The molecule has 1 aromatic heterocycles. The number of aromatic nitrogens is 2. The van der Waals surface area contributed by atoms with E-state index in [1.807, 2.05) is 37.3 Å². The molecule has 0 radical (unpaired) electrons. The predicted molar refractivity (Wildman–Crippen MR) is 118 cm³/mol. The minimum Gasteiger partial charge on any atom is -0.494 e. The summed E-state index contributed by atoms with van der Waals surface area (Å²) in [4.78, 5) is 11.9. The largest absolute Gasteiger partial charge is 0.494 e. The maximum atomic E-state index is 11.9. The van der Waals surface area contributed by atoms with E-state index in [0.29, 0.717) is 28.2 Å². The van der Waals surface area contributed by atoms with Crippen molar-refractivity contribution in [1.29, 1.82) is 0 Å². The lowest BCUT2D eigenvalue weighted by molar-refractivity contribution is 0.246. The van der Waals surface area contributed by atoms with Crippen LogP contribution in [0, 0.1) is 0 Å². The lowest BCUT2D eigenvalue weighted by atomic mass is 10.1. The van der Waals surface area contributed by atoms with E-state index in [1.54, 1.807) is 24.3 Å². The Morgan fingerprint density at radius 3 is 2.47 bits per heavy atom. The molecule has 0 aliphatic rings. The first-order valence-electron chi connectivity index (χ1n) is 9.25. The Hall–Kier alpha value is -3.03. The highest BCUT2D eigenvalue weighted by Gasteiger charge is 2.06. The number of benzene rings is 2. The highest BCUT2D eigenvalue weighted by molar-refractivity contribution is 6.36. The van der Waals surface area contributed by atoms with Gasteiger partial charge in [-0.25, -0.2) is 4.79 Å². The van der Waals surface area contributed by atoms with Gasteiger partial charge in [-0.05, 0) is 55.5 Å². The highest BCUT2D eigenvalue weighted by atomic mass is 35.5. The molecule has 3 aromatic rings. The first kappa shape index (κ1) is 21.7. The molecule has 0 fully saturated rings. The number of carbonyl (C=O) groups excluding carboxylic acids is 1. The van der Waals surface area contributed by atoms with Crippen molar-refractivity contribution in [3.63, 3.8) is 0 Å². The number of nitrogens with zero attached hydrogens (tertiary/aromatic N) is 2. The summed E-state index contributed by atoms with van der Waals surface area (Å²) < 4.78 is 10.9. The summed E-state index contributed by atoms with van der Waals surface area (Å²) in [7, 11) is 0. The second-order valence-electron chi connectivity index (χ2n) is 6.07. The Bertz CT molecular complexity index is 983. The third-order valence-electron chi connectivity index (χ3n) is 3.92. The molecule has 2 aromatic carbocycles. The minimum atomic E-state index is -0.403. The molecule has 0 aliphatic carbocycles. The molecule has 7 nitrogen and oxygen atoms in total. The van der Waals surface area contributed by atoms with Crippen LogP contribution in [0.15, 0.2) is 54.6 Å². The van der Waals surface area contributed by atoms with Gasteiger partial charge in [0.15, 0.2) is 0 Å². The molecule has 0 bridgehead atoms. The van der Waals surface area contributed by atoms with Crippen LogP contribution in [0.4, 0.5) is 10.5 Å². The summed E-state index contributed by atoms with van der Waals surface area (Å²) in [5.74, 6) is 1.18. The number of halogens is 2. The third-order valence-corrected chi connectivity index (χ3v) is 4.47. The Kier molecular flexibility index (Phi) is 7.70. The SMILES string of the molecule is CCOc1ccc(-c2ccc(OCCNC(=O)Nc3ccc(Cl)cc3Cl)nn2)cc1. The van der Waals surface area contributed by atoms with Gasteiger partial charge in [0.05, 0.1) is 29.6 Å². The van der Waals surface area contributed by atoms with E-state index in [9.17, 15) is 4.79 Å². The lowest BCUT2D eigenvalue weighted by Crippen LogP contribution is -2.32. The quantitative estimate of drug-likeness (QED) is 0.472. The molecular formula is C21H20Cl2N4O3. The van der Waals surface area contributed by atoms with Gasteiger partial charge in [-0.15, -0.1) is 10.2 Å². The Morgan fingerprint density at radius 1 is 1.00 bits per heavy atom. The fraction of sp³-hybridized carbons (Fsp3) is 0.190. The van der Waals surface area contributed by atoms with Crippen molar-refractivity contribution in [2.75, 3.05) is 25.1 Å². The van der Waals surface area contributed by atoms with Crippen LogP contribution in [0.3, 0.4) is 0 Å². The van der Waals surface area contributed by atoms with Crippen molar-refractivity contribution < 1.29 is 14.3 Å². The number of nitrogens with one attached hydrogen (secondary N) is 2. The highest BCUT2D eigenvalue weighted by Crippen LogP contribution is 2.25. The maximum Gasteiger partial charge on any atom is 0.319 e. The molecule has 156 valence electrons. The number of carbonyl (C=O) groups is 1. The van der Waals surface area contributed by atoms with E-state index in [4.69, 9.17) is 32.7 Å². The summed E-state index contributed by atoms with van der Waals surface area (Å²) in [5, 5.41) is 14.4. The molecular weight excluding hydrogens is 427 g/mol. The zero-order chi connectivity index (χ0) is 21.3. The standard InChI is InChI=1S/C21H20Cl2N4O3/c1-2-29-16-6-3-14(4-7-16)18-9-10-20(27-26-18)30-12-11-24-21(28)25-19-8-5-15(22)13-17(19)23/h3-10,13H,2,11-12H2,1H3,(H2,24,25,28). The van der Waals surface area contributed by atoms with Crippen molar-refractivity contribution >= 4 is 34.9 Å². The number of ether oxygens (including phenoxy) is 2. The van der Waals surface area contributed by atoms with E-state index in [2.05, 4.69) is 20.8 Å². The van der Waals surface area contributed by atoms with E-state index >= 15 is 0 Å². The molecule has 30 heavy (non-hydrogen) atoms. The van der Waals surface area contributed by atoms with Crippen molar-refractivity contribution in [3.05, 3.63) is 64.6 Å². The lowest BCUT2D eigenvalue weighted by Gasteiger charge is -2.10. The zero-order valence-corrected chi connectivity index (χ0v) is 17.7. The van der Waals surface area contributed by atoms with Gasteiger partial charge in [0, 0.05) is 16.7 Å². The predicted octanol–water partition coefficient (Wildman–Crippen LogP) is 5.05. The fourth-order valence-corrected chi connectivity index (χ4v) is 2.97. The van der Waals surface area contributed by atoms with E-state index in [0.717, 1.165) is 17.0 Å². The Balaban J connectivity index is 1.43. The maximum absolute atomic E-state index is 11.9. The molecule has 0 saturated carbocycles. The summed E-state index contributed by atoms with van der Waals surface area (Å²) >= 11 is 11.9. The second kappa shape index (κ2) is 10.7. The zero-order valence-electron chi connectivity index (χ0n) is 16.2. The van der Waals surface area contributed by atoms with Crippen molar-refractivity contribution in [2.45, 2.75) is 6.92 Å². The minimum absolute atomic E-state index is 0.235. The van der Waals surface area contributed by atoms with E-state index in [-0.39, 0.29) is 13.2 Å². The summed E-state index contributed by atoms with van der Waals surface area (Å²) in [6, 6.07) is 15.6. The fourth-order valence-electron chi connectivity index (χ4n) is 2.52. The summed E-state index contributed by atoms with van der Waals surface area (Å²) in [6.07, 6.45) is 0. The van der Waals surface area contributed by atoms with Crippen LogP contribution in [-0.2, 0) is 0 Å². The summed E-state index contributed by atoms with van der Waals surface area (Å²) in [5.41, 5.74) is 2.12. The van der Waals surface area contributed by atoms with Gasteiger partial charge in [0.25, 0.3) is 0 Å². The first-order chi connectivity index (χ1) is 14.5. The number of amides is 2. The molecule has 0 unspecified atom stereocenters. The van der Waals surface area contributed by atoms with Crippen LogP contribution < -0.4 is 20.1 Å². The van der Waals surface area contributed by atoms with Crippen molar-refractivity contribution in [1.82, 2.24) is 15.5 Å². The average Bonchev–Trinajstić information content (AvgIpc) is 2.75. The monoisotopic (exact) mass is 446 g/mol. The van der Waals surface area contributed by atoms with Crippen LogP contribution in [0.25, 0.3) is 11.3 Å². The molecule has 1 heterocycles. The molecule has 0 atom stereocenters. The van der Waals surface area contributed by atoms with Crippen LogP contribution in [-0.4, -0.2) is 36.0 Å². The number of rotatable bonds is 8. The van der Waals surface area contributed by atoms with Crippen molar-refractivity contribution in [2.24, 2.45) is 0 Å². The Labute approximate surface area is 184 Å². The number of urea groups is 1. The van der Waals surface area contributed by atoms with Gasteiger partial charge in [0.1, 0.15) is 12.4 Å². The van der Waals surface area contributed by atoms with Gasteiger partial charge in [-0.1, -0.05) is 23.2 Å². The topological polar surface area (TPSA) is 85.4 Å². The van der Waals surface area contributed by atoms with Gasteiger partial charge in [-0.3, -0.25) is 0 Å². The van der Waals surface area contributed by atoms with Crippen LogP contribution in [0.1, 0.15) is 6.92 Å².